The van der Waals surface area contributed by atoms with Crippen molar-refractivity contribution in [3.8, 4) is 0 Å². The fraction of sp³-hybridized carbons (Fsp3) is 0.222. The van der Waals surface area contributed by atoms with Crippen LogP contribution in [0.1, 0.15) is 6.92 Å². The highest BCUT2D eigenvalue weighted by molar-refractivity contribution is 7.93. The highest BCUT2D eigenvalue weighted by Gasteiger charge is 2.14. The molecular formula is C9H9Cl2FN2O3S. The van der Waals surface area contributed by atoms with Crippen molar-refractivity contribution in [3.05, 3.63) is 23.0 Å². The number of amides is 1. The molecule has 0 saturated heterocycles. The lowest BCUT2D eigenvalue weighted by atomic mass is 10.2. The van der Waals surface area contributed by atoms with Gasteiger partial charge in [0.2, 0.25) is 15.9 Å². The molecule has 0 aromatic heterocycles. The first-order valence-corrected chi connectivity index (χ1v) is 7.14. The third-order valence-electron chi connectivity index (χ3n) is 1.78. The van der Waals surface area contributed by atoms with Crippen LogP contribution in [0.4, 0.5) is 15.8 Å². The molecule has 1 amide bonds. The van der Waals surface area contributed by atoms with Crippen molar-refractivity contribution >= 4 is 50.5 Å². The average Bonchev–Trinajstić information content (AvgIpc) is 2.24. The third kappa shape index (κ3) is 4.01. The van der Waals surface area contributed by atoms with Gasteiger partial charge in [-0.3, -0.25) is 9.52 Å². The first kappa shape index (κ1) is 15.0. The van der Waals surface area contributed by atoms with E-state index in [4.69, 9.17) is 23.2 Å². The van der Waals surface area contributed by atoms with Gasteiger partial charge in [0.15, 0.2) is 0 Å². The van der Waals surface area contributed by atoms with E-state index >= 15 is 0 Å². The van der Waals surface area contributed by atoms with E-state index in [0.717, 1.165) is 12.1 Å². The normalized spacial score (nSPS) is 11.1. The van der Waals surface area contributed by atoms with Crippen molar-refractivity contribution in [2.24, 2.45) is 0 Å². The number of carbonyl (C=O) groups is 1. The molecule has 5 nitrogen and oxygen atoms in total. The van der Waals surface area contributed by atoms with Gasteiger partial charge in [0, 0.05) is 6.92 Å². The zero-order valence-electron chi connectivity index (χ0n) is 9.13. The second kappa shape index (κ2) is 5.73. The minimum Gasteiger partial charge on any atom is -0.324 e. The van der Waals surface area contributed by atoms with Crippen molar-refractivity contribution in [1.82, 2.24) is 0 Å². The summed E-state index contributed by atoms with van der Waals surface area (Å²) in [5.74, 6) is -1.27. The van der Waals surface area contributed by atoms with Crippen LogP contribution >= 0.6 is 23.2 Å². The lowest BCUT2D eigenvalue weighted by Crippen LogP contribution is -2.15. The van der Waals surface area contributed by atoms with Crippen molar-refractivity contribution in [1.29, 1.82) is 0 Å². The number of carbonyl (C=O) groups excluding carboxylic acids is 1. The van der Waals surface area contributed by atoms with E-state index in [9.17, 15) is 17.6 Å². The van der Waals surface area contributed by atoms with Gasteiger partial charge in [0.05, 0.1) is 16.4 Å². The SMILES string of the molecule is CC(=O)Nc1cc(NS(=O)(=O)CCl)c(Cl)cc1F. The summed E-state index contributed by atoms with van der Waals surface area (Å²) in [5.41, 5.74) is -0.248. The summed E-state index contributed by atoms with van der Waals surface area (Å²) >= 11 is 10.9. The van der Waals surface area contributed by atoms with Gasteiger partial charge in [-0.15, -0.1) is 11.6 Å². The van der Waals surface area contributed by atoms with Gasteiger partial charge in [-0.1, -0.05) is 11.6 Å². The highest BCUT2D eigenvalue weighted by Crippen LogP contribution is 2.29. The van der Waals surface area contributed by atoms with Gasteiger partial charge in [-0.2, -0.15) is 0 Å². The highest BCUT2D eigenvalue weighted by atomic mass is 35.5. The van der Waals surface area contributed by atoms with Gasteiger partial charge in [-0.25, -0.2) is 12.8 Å². The standard InChI is InChI=1S/C9H9Cl2FN2O3S/c1-5(15)13-9-3-8(6(11)2-7(9)12)14-18(16,17)4-10/h2-3,14H,4H2,1H3,(H,13,15). The maximum atomic E-state index is 13.4. The summed E-state index contributed by atoms with van der Waals surface area (Å²) in [6.45, 7) is 1.19. The molecule has 0 heterocycles. The van der Waals surface area contributed by atoms with Crippen LogP contribution in [0.25, 0.3) is 0 Å². The van der Waals surface area contributed by atoms with E-state index < -0.39 is 27.0 Å². The Balaban J connectivity index is 3.17. The van der Waals surface area contributed by atoms with Gasteiger partial charge in [-0.05, 0) is 12.1 Å². The molecule has 0 fully saturated rings. The Labute approximate surface area is 113 Å². The number of hydrogen-bond acceptors (Lipinski definition) is 3. The second-order valence-electron chi connectivity index (χ2n) is 3.32. The van der Waals surface area contributed by atoms with Crippen LogP contribution < -0.4 is 10.0 Å². The van der Waals surface area contributed by atoms with Crippen LogP contribution in [0.5, 0.6) is 0 Å². The number of hydrogen-bond donors (Lipinski definition) is 2. The van der Waals surface area contributed by atoms with E-state index in [2.05, 4.69) is 10.0 Å². The zero-order chi connectivity index (χ0) is 13.9. The molecule has 0 aliphatic carbocycles. The lowest BCUT2D eigenvalue weighted by Gasteiger charge is -2.11. The molecule has 1 aromatic carbocycles. The first-order chi connectivity index (χ1) is 8.25. The Morgan fingerprint density at radius 1 is 1.39 bits per heavy atom. The largest absolute Gasteiger partial charge is 0.324 e. The molecule has 0 unspecified atom stereocenters. The number of halogens is 3. The molecule has 0 spiro atoms. The Hall–Kier alpha value is -1.05. The van der Waals surface area contributed by atoms with Gasteiger partial charge >= 0.3 is 0 Å². The maximum Gasteiger partial charge on any atom is 0.246 e. The fourth-order valence-electron chi connectivity index (χ4n) is 1.11. The molecule has 0 aliphatic rings. The monoisotopic (exact) mass is 314 g/mol. The molecule has 9 heteroatoms. The van der Waals surface area contributed by atoms with Crippen LogP contribution in [0, 0.1) is 5.82 Å². The Morgan fingerprint density at radius 2 is 2.00 bits per heavy atom. The third-order valence-corrected chi connectivity index (χ3v) is 3.77. The zero-order valence-corrected chi connectivity index (χ0v) is 11.5. The predicted molar refractivity (Wildman–Crippen MR) is 69.0 cm³/mol. The van der Waals surface area contributed by atoms with E-state index in [1.54, 1.807) is 0 Å². The Morgan fingerprint density at radius 3 is 2.50 bits per heavy atom. The number of rotatable bonds is 4. The molecule has 1 rings (SSSR count). The van der Waals surface area contributed by atoms with Gasteiger partial charge < -0.3 is 5.32 Å². The first-order valence-electron chi connectivity index (χ1n) is 4.58. The van der Waals surface area contributed by atoms with Crippen LogP contribution in [0.15, 0.2) is 12.1 Å². The molecule has 0 bridgehead atoms. The molecule has 0 radical (unpaired) electrons. The molecule has 0 atom stereocenters. The number of alkyl halides is 1. The number of benzene rings is 1. The summed E-state index contributed by atoms with van der Waals surface area (Å²) in [5, 5.41) is 1.39. The van der Waals surface area contributed by atoms with Crippen LogP contribution in [0.2, 0.25) is 5.02 Å². The minimum absolute atomic E-state index is 0.0672. The molecule has 2 N–H and O–H groups in total. The summed E-state index contributed by atoms with van der Waals surface area (Å²) in [4.78, 5) is 10.8. The minimum atomic E-state index is -3.76. The summed E-state index contributed by atoms with van der Waals surface area (Å²) in [6.07, 6.45) is 0. The Kier molecular flexibility index (Phi) is 4.78. The molecule has 0 saturated carbocycles. The van der Waals surface area contributed by atoms with Crippen LogP contribution in [-0.2, 0) is 14.8 Å². The molecule has 100 valence electrons. The summed E-state index contributed by atoms with van der Waals surface area (Å²) < 4.78 is 38.0. The molecular weight excluding hydrogens is 306 g/mol. The van der Waals surface area contributed by atoms with Gasteiger partial charge in [0.25, 0.3) is 0 Å². The summed E-state index contributed by atoms with van der Waals surface area (Å²) in [7, 11) is -3.76. The van der Waals surface area contributed by atoms with Crippen LogP contribution in [-0.4, -0.2) is 19.5 Å². The average molecular weight is 315 g/mol. The smallest absolute Gasteiger partial charge is 0.246 e. The van der Waals surface area contributed by atoms with Crippen molar-refractivity contribution in [2.45, 2.75) is 6.92 Å². The number of nitrogens with one attached hydrogen (secondary N) is 2. The van der Waals surface area contributed by atoms with Crippen molar-refractivity contribution in [3.63, 3.8) is 0 Å². The maximum absolute atomic E-state index is 13.4. The fourth-order valence-corrected chi connectivity index (χ4v) is 2.08. The van der Waals surface area contributed by atoms with Crippen LogP contribution in [0.3, 0.4) is 0 Å². The number of sulfonamides is 1. The summed E-state index contributed by atoms with van der Waals surface area (Å²) in [6, 6.07) is 1.96. The molecule has 0 aliphatic heterocycles. The van der Waals surface area contributed by atoms with Crippen molar-refractivity contribution in [2.75, 3.05) is 15.3 Å². The molecule has 18 heavy (non-hydrogen) atoms. The van der Waals surface area contributed by atoms with E-state index in [1.807, 2.05) is 0 Å². The van der Waals surface area contributed by atoms with E-state index in [-0.39, 0.29) is 16.4 Å². The topological polar surface area (TPSA) is 75.3 Å². The van der Waals surface area contributed by atoms with Crippen molar-refractivity contribution < 1.29 is 17.6 Å². The lowest BCUT2D eigenvalue weighted by molar-refractivity contribution is -0.114. The van der Waals surface area contributed by atoms with E-state index in [1.165, 1.54) is 6.92 Å². The molecule has 1 aromatic rings. The van der Waals surface area contributed by atoms with E-state index in [0.29, 0.717) is 0 Å². The van der Waals surface area contributed by atoms with Gasteiger partial charge in [0.1, 0.15) is 11.0 Å². The second-order valence-corrected chi connectivity index (χ2v) is 6.03. The number of anilines is 2. The predicted octanol–water partition coefficient (Wildman–Crippen LogP) is 2.38. The quantitative estimate of drug-likeness (QED) is 0.838. The Bertz CT molecular complexity index is 577.